The number of hydrogen-bond donors (Lipinski definition) is 1. The van der Waals surface area contributed by atoms with E-state index in [1.165, 1.54) is 32.1 Å². The topological polar surface area (TPSA) is 57.6 Å². The first-order valence-electron chi connectivity index (χ1n) is 11.9. The number of sulfone groups is 1. The van der Waals surface area contributed by atoms with Crippen LogP contribution in [0.25, 0.3) is 12.2 Å². The smallest absolute Gasteiger partial charge is 0.178 e. The highest BCUT2D eigenvalue weighted by atomic mass is 32.2. The van der Waals surface area contributed by atoms with Gasteiger partial charge in [-0.1, -0.05) is 88.3 Å². The third kappa shape index (κ3) is 9.17. The Morgan fingerprint density at radius 2 is 1.28 bits per heavy atom. The van der Waals surface area contributed by atoms with E-state index in [9.17, 15) is 8.42 Å². The molecule has 2 aromatic rings. The molecule has 2 aromatic carbocycles. The Kier molecular flexibility index (Phi) is 11.5. The zero-order valence-electron chi connectivity index (χ0n) is 19.7. The van der Waals surface area contributed by atoms with Crippen LogP contribution in [0, 0.1) is 0 Å². The molecule has 5 heteroatoms. The van der Waals surface area contributed by atoms with Crippen LogP contribution >= 0.6 is 0 Å². The average Bonchev–Trinajstić information content (AvgIpc) is 2.80. The van der Waals surface area contributed by atoms with E-state index >= 15 is 0 Å². The van der Waals surface area contributed by atoms with Crippen LogP contribution in [0.4, 0.5) is 5.69 Å². The van der Waals surface area contributed by atoms with Crippen molar-refractivity contribution in [2.75, 3.05) is 30.9 Å². The molecule has 0 amide bonds. The van der Waals surface area contributed by atoms with E-state index < -0.39 is 9.84 Å². The fourth-order valence-corrected chi connectivity index (χ4v) is 5.01. The van der Waals surface area contributed by atoms with Crippen molar-refractivity contribution in [3.63, 3.8) is 0 Å². The van der Waals surface area contributed by atoms with E-state index in [1.807, 2.05) is 60.5 Å². The first-order chi connectivity index (χ1) is 15.5. The second-order valence-electron chi connectivity index (χ2n) is 8.43. The molecule has 0 aliphatic heterocycles. The number of unbranched alkanes of at least 4 members (excludes halogenated alkanes) is 7. The molecule has 32 heavy (non-hydrogen) atoms. The molecule has 0 aliphatic rings. The molecule has 0 bridgehead atoms. The van der Waals surface area contributed by atoms with Gasteiger partial charge in [0.05, 0.1) is 17.3 Å². The number of hydrogen-bond acceptors (Lipinski definition) is 4. The monoisotopic (exact) mass is 457 g/mol. The molecule has 2 rings (SSSR count). The SMILES string of the molecule is CCCCCCCCCCS(=O)(=O)c1ccc(C=Cc2ccc(N(C)CCO)cc2)cc1. The van der Waals surface area contributed by atoms with Crippen molar-refractivity contribution in [2.45, 2.75) is 63.2 Å². The quantitative estimate of drug-likeness (QED) is 0.255. The molecule has 0 fully saturated rings. The molecule has 0 aromatic heterocycles. The van der Waals surface area contributed by atoms with Gasteiger partial charge in [0.15, 0.2) is 9.84 Å². The van der Waals surface area contributed by atoms with E-state index in [-0.39, 0.29) is 12.4 Å². The summed E-state index contributed by atoms with van der Waals surface area (Å²) in [6, 6.07) is 15.3. The summed E-state index contributed by atoms with van der Waals surface area (Å²) in [6.07, 6.45) is 13.2. The lowest BCUT2D eigenvalue weighted by molar-refractivity contribution is 0.304. The zero-order chi connectivity index (χ0) is 23.2. The number of likely N-dealkylation sites (N-methyl/N-ethyl adjacent to an activating group) is 1. The number of benzene rings is 2. The van der Waals surface area contributed by atoms with Gasteiger partial charge in [-0.25, -0.2) is 8.42 Å². The zero-order valence-corrected chi connectivity index (χ0v) is 20.5. The number of rotatable bonds is 15. The van der Waals surface area contributed by atoms with E-state index in [0.717, 1.165) is 36.1 Å². The molecular formula is C27H39NO3S. The predicted octanol–water partition coefficient (Wildman–Crippen LogP) is 6.20. The van der Waals surface area contributed by atoms with Gasteiger partial charge in [0.1, 0.15) is 0 Å². The number of anilines is 1. The van der Waals surface area contributed by atoms with Crippen molar-refractivity contribution in [3.8, 4) is 0 Å². The molecule has 1 N–H and O–H groups in total. The molecule has 176 valence electrons. The van der Waals surface area contributed by atoms with E-state index in [4.69, 9.17) is 5.11 Å². The summed E-state index contributed by atoms with van der Waals surface area (Å²) < 4.78 is 25.2. The van der Waals surface area contributed by atoms with E-state index in [1.54, 1.807) is 12.1 Å². The lowest BCUT2D eigenvalue weighted by atomic mass is 10.1. The molecule has 0 heterocycles. The van der Waals surface area contributed by atoms with Gasteiger partial charge in [0.2, 0.25) is 0 Å². The minimum atomic E-state index is -3.21. The molecule has 0 atom stereocenters. The molecule has 0 aliphatic carbocycles. The Hall–Kier alpha value is -2.11. The minimum absolute atomic E-state index is 0.128. The Bertz CT molecular complexity index is 903. The van der Waals surface area contributed by atoms with Crippen LogP contribution in [0.15, 0.2) is 53.4 Å². The molecular weight excluding hydrogens is 418 g/mol. The number of nitrogens with zero attached hydrogens (tertiary/aromatic N) is 1. The second-order valence-corrected chi connectivity index (χ2v) is 10.5. The van der Waals surface area contributed by atoms with Crippen molar-refractivity contribution in [1.29, 1.82) is 0 Å². The van der Waals surface area contributed by atoms with Gasteiger partial charge >= 0.3 is 0 Å². The van der Waals surface area contributed by atoms with Crippen molar-refractivity contribution < 1.29 is 13.5 Å². The molecule has 4 nitrogen and oxygen atoms in total. The Labute approximate surface area is 194 Å². The third-order valence-corrected chi connectivity index (χ3v) is 7.56. The summed E-state index contributed by atoms with van der Waals surface area (Å²) in [6.45, 7) is 2.94. The van der Waals surface area contributed by atoms with Crippen molar-refractivity contribution >= 4 is 27.7 Å². The lowest BCUT2D eigenvalue weighted by Crippen LogP contribution is -2.20. The Morgan fingerprint density at radius 3 is 1.81 bits per heavy atom. The Balaban J connectivity index is 1.82. The largest absolute Gasteiger partial charge is 0.395 e. The highest BCUT2D eigenvalue weighted by molar-refractivity contribution is 7.91. The molecule has 0 unspecified atom stereocenters. The fourth-order valence-electron chi connectivity index (χ4n) is 3.64. The summed E-state index contributed by atoms with van der Waals surface area (Å²) >= 11 is 0. The number of aliphatic hydroxyl groups is 1. The third-order valence-electron chi connectivity index (χ3n) is 5.74. The summed E-state index contributed by atoms with van der Waals surface area (Å²) in [5, 5.41) is 9.04. The summed E-state index contributed by atoms with van der Waals surface area (Å²) in [7, 11) is -1.26. The van der Waals surface area contributed by atoms with Gasteiger partial charge in [-0.2, -0.15) is 0 Å². The van der Waals surface area contributed by atoms with Crippen molar-refractivity contribution in [3.05, 3.63) is 59.7 Å². The maximum atomic E-state index is 12.6. The van der Waals surface area contributed by atoms with Gasteiger partial charge in [0, 0.05) is 19.3 Å². The van der Waals surface area contributed by atoms with Crippen LogP contribution in [0.3, 0.4) is 0 Å². The van der Waals surface area contributed by atoms with Crippen LogP contribution in [-0.2, 0) is 9.84 Å². The van der Waals surface area contributed by atoms with Crippen LogP contribution < -0.4 is 4.90 Å². The molecule has 0 radical (unpaired) electrons. The molecule has 0 saturated carbocycles. The lowest BCUT2D eigenvalue weighted by Gasteiger charge is -2.17. The maximum absolute atomic E-state index is 12.6. The van der Waals surface area contributed by atoms with Crippen LogP contribution in [0.2, 0.25) is 0 Å². The van der Waals surface area contributed by atoms with Gasteiger partial charge in [0.25, 0.3) is 0 Å². The maximum Gasteiger partial charge on any atom is 0.178 e. The van der Waals surface area contributed by atoms with Crippen LogP contribution in [0.1, 0.15) is 69.4 Å². The van der Waals surface area contributed by atoms with Crippen molar-refractivity contribution in [1.82, 2.24) is 0 Å². The van der Waals surface area contributed by atoms with E-state index in [2.05, 4.69) is 6.92 Å². The van der Waals surface area contributed by atoms with Gasteiger partial charge in [-0.15, -0.1) is 0 Å². The highest BCUT2D eigenvalue weighted by Gasteiger charge is 2.13. The summed E-state index contributed by atoms with van der Waals surface area (Å²) in [4.78, 5) is 2.41. The molecule has 0 saturated heterocycles. The fraction of sp³-hybridized carbons (Fsp3) is 0.481. The van der Waals surface area contributed by atoms with Gasteiger partial charge in [-0.05, 0) is 41.8 Å². The second kappa shape index (κ2) is 14.1. The summed E-state index contributed by atoms with van der Waals surface area (Å²) in [5.74, 6) is 0.230. The summed E-state index contributed by atoms with van der Waals surface area (Å²) in [5.41, 5.74) is 3.09. The molecule has 0 spiro atoms. The standard InChI is InChI=1S/C27H39NO3S/c1-3-4-5-6-7-8-9-10-23-32(30,31)27-19-15-25(16-20-27)12-11-24-13-17-26(18-14-24)28(2)21-22-29/h11-20,29H,3-10,21-23H2,1-2H3. The van der Waals surface area contributed by atoms with E-state index in [0.29, 0.717) is 11.4 Å². The normalized spacial score (nSPS) is 11.8. The number of aliphatic hydroxyl groups excluding tert-OH is 1. The predicted molar refractivity (Wildman–Crippen MR) is 137 cm³/mol. The average molecular weight is 458 g/mol. The van der Waals surface area contributed by atoms with Crippen LogP contribution in [0.5, 0.6) is 0 Å². The van der Waals surface area contributed by atoms with Gasteiger partial charge in [-0.3, -0.25) is 0 Å². The van der Waals surface area contributed by atoms with Gasteiger partial charge < -0.3 is 10.0 Å². The first kappa shape index (κ1) is 26.1. The van der Waals surface area contributed by atoms with Crippen LogP contribution in [-0.4, -0.2) is 39.5 Å². The minimum Gasteiger partial charge on any atom is -0.395 e. The van der Waals surface area contributed by atoms with Crippen molar-refractivity contribution in [2.24, 2.45) is 0 Å². The first-order valence-corrected chi connectivity index (χ1v) is 13.5. The highest BCUT2D eigenvalue weighted by Crippen LogP contribution is 2.18. The Morgan fingerprint density at radius 1 is 0.781 bits per heavy atom.